The maximum atomic E-state index is 6.82. The zero-order valence-electron chi connectivity index (χ0n) is 9.65. The van der Waals surface area contributed by atoms with Crippen molar-refractivity contribution in [3.05, 3.63) is 58.0 Å². The van der Waals surface area contributed by atoms with Gasteiger partial charge >= 0.3 is 5.82 Å². The Morgan fingerprint density at radius 3 is 2.31 bits per heavy atom. The molecule has 0 N–H and O–H groups in total. The fourth-order valence-corrected chi connectivity index (χ4v) is 1.33. The van der Waals surface area contributed by atoms with Crippen LogP contribution in [-0.4, -0.2) is 14.1 Å². The van der Waals surface area contributed by atoms with Gasteiger partial charge in [-0.15, -0.1) is 0 Å². The second-order valence-electron chi connectivity index (χ2n) is 3.66. The Hall–Kier alpha value is -2.26. The quantitative estimate of drug-likeness (QED) is 0.684. The van der Waals surface area contributed by atoms with Crippen molar-refractivity contribution in [3.8, 4) is 0 Å². The molecular formula is C13H13N3. The average molecular weight is 211 g/mol. The summed E-state index contributed by atoms with van der Waals surface area (Å²) >= 11 is 0. The van der Waals surface area contributed by atoms with E-state index in [9.17, 15) is 0 Å². The highest BCUT2D eigenvalue weighted by Crippen LogP contribution is 2.20. The summed E-state index contributed by atoms with van der Waals surface area (Å²) in [6, 6.07) is 5.95. The predicted molar refractivity (Wildman–Crippen MR) is 66.7 cm³/mol. The van der Waals surface area contributed by atoms with Gasteiger partial charge < -0.3 is 4.90 Å². The van der Waals surface area contributed by atoms with Crippen LogP contribution < -0.4 is 4.90 Å². The molecule has 0 fully saturated rings. The van der Waals surface area contributed by atoms with E-state index in [-0.39, 0.29) is 5.82 Å². The summed E-state index contributed by atoms with van der Waals surface area (Å²) < 4.78 is 0. The Labute approximate surface area is 96.3 Å². The second-order valence-corrected chi connectivity index (χ2v) is 3.66. The predicted octanol–water partition coefficient (Wildman–Crippen LogP) is 3.20. The van der Waals surface area contributed by atoms with Crippen molar-refractivity contribution < 1.29 is 0 Å². The molecular weight excluding hydrogens is 198 g/mol. The van der Waals surface area contributed by atoms with Gasteiger partial charge in [-0.05, 0) is 30.2 Å². The molecule has 1 aromatic rings. The Morgan fingerprint density at radius 2 is 1.88 bits per heavy atom. The second kappa shape index (κ2) is 5.00. The molecule has 3 nitrogen and oxygen atoms in total. The van der Waals surface area contributed by atoms with Crippen molar-refractivity contribution in [3.63, 3.8) is 0 Å². The van der Waals surface area contributed by atoms with Gasteiger partial charge in [0.15, 0.2) is 0 Å². The molecule has 0 spiro atoms. The van der Waals surface area contributed by atoms with E-state index in [0.29, 0.717) is 0 Å². The molecule has 0 heterocycles. The number of hydrogen-bond donors (Lipinski definition) is 0. The molecule has 0 atom stereocenters. The molecule has 0 aliphatic carbocycles. The number of anilines is 1. The molecule has 0 aliphatic rings. The fourth-order valence-electron chi connectivity index (χ4n) is 1.33. The van der Waals surface area contributed by atoms with E-state index < -0.39 is 0 Å². The molecule has 0 amide bonds. The first-order chi connectivity index (χ1) is 7.58. The smallest absolute Gasteiger partial charge is 0.378 e. The van der Waals surface area contributed by atoms with Crippen LogP contribution in [0.5, 0.6) is 0 Å². The molecule has 3 heteroatoms. The summed E-state index contributed by atoms with van der Waals surface area (Å²) in [7, 11) is 3.96. The Morgan fingerprint density at radius 1 is 1.25 bits per heavy atom. The van der Waals surface area contributed by atoms with Gasteiger partial charge in [-0.1, -0.05) is 6.07 Å². The summed E-state index contributed by atoms with van der Waals surface area (Å²) in [6.45, 7) is 15.6. The number of benzene rings is 1. The summed E-state index contributed by atoms with van der Waals surface area (Å²) in [5, 5.41) is 0. The van der Waals surface area contributed by atoms with Crippen molar-refractivity contribution in [2.45, 2.75) is 6.92 Å². The van der Waals surface area contributed by atoms with E-state index in [1.807, 2.05) is 44.1 Å². The van der Waals surface area contributed by atoms with Crippen molar-refractivity contribution in [2.75, 3.05) is 19.0 Å². The topological polar surface area (TPSA) is 12.0 Å². The van der Waals surface area contributed by atoms with Gasteiger partial charge in [0.25, 0.3) is 0 Å². The van der Waals surface area contributed by atoms with Crippen molar-refractivity contribution in [2.24, 2.45) is 0 Å². The van der Waals surface area contributed by atoms with Crippen LogP contribution in [0.15, 0.2) is 24.0 Å². The molecule has 1 aromatic carbocycles. The highest BCUT2D eigenvalue weighted by molar-refractivity contribution is 5.63. The fraction of sp³-hybridized carbons (Fsp3) is 0.231. The Balaban J connectivity index is 3.16. The van der Waals surface area contributed by atoms with E-state index >= 15 is 0 Å². The lowest BCUT2D eigenvalue weighted by Gasteiger charge is -2.13. The number of rotatable bonds is 2. The summed E-state index contributed by atoms with van der Waals surface area (Å²) in [4.78, 5) is 8.31. The summed E-state index contributed by atoms with van der Waals surface area (Å²) in [5.74, 6) is 0.0979. The molecule has 0 unspecified atom stereocenters. The molecule has 0 aromatic heterocycles. The molecule has 80 valence electrons. The minimum Gasteiger partial charge on any atom is -0.378 e. The minimum atomic E-state index is 0.0979. The maximum absolute atomic E-state index is 6.82. The van der Waals surface area contributed by atoms with Crippen LogP contribution in [0, 0.1) is 20.1 Å². The molecule has 16 heavy (non-hydrogen) atoms. The Bertz CT molecular complexity index is 483. The SMILES string of the molecule is [C-]#[N+]C(=Cc1ccc(N(C)C)cc1C)[N+]#[C-]. The first-order valence-corrected chi connectivity index (χ1v) is 4.83. The zero-order valence-corrected chi connectivity index (χ0v) is 9.65. The van der Waals surface area contributed by atoms with Gasteiger partial charge in [0.2, 0.25) is 0 Å². The van der Waals surface area contributed by atoms with Crippen LogP contribution in [0.3, 0.4) is 0 Å². The van der Waals surface area contributed by atoms with Gasteiger partial charge in [-0.25, -0.2) is 0 Å². The van der Waals surface area contributed by atoms with Gasteiger partial charge in [0, 0.05) is 25.9 Å². The monoisotopic (exact) mass is 211 g/mol. The first kappa shape index (κ1) is 11.8. The maximum Gasteiger partial charge on any atom is 0.519 e. The third-order valence-corrected chi connectivity index (χ3v) is 2.28. The standard InChI is InChI=1S/C13H13N3/c1-10-8-12(16(4)5)7-6-11(10)9-13(14-2)15-3/h6-9H,1,4-5H3. The molecule has 0 radical (unpaired) electrons. The Kier molecular flexibility index (Phi) is 3.69. The van der Waals surface area contributed by atoms with Gasteiger partial charge in [-0.2, -0.15) is 9.69 Å². The molecule has 1 rings (SSSR count). The molecule has 0 bridgehead atoms. The first-order valence-electron chi connectivity index (χ1n) is 4.83. The minimum absolute atomic E-state index is 0.0979. The third kappa shape index (κ3) is 2.62. The lowest BCUT2D eigenvalue weighted by atomic mass is 10.1. The highest BCUT2D eigenvalue weighted by Gasteiger charge is 2.05. The van der Waals surface area contributed by atoms with E-state index in [2.05, 4.69) is 9.69 Å². The highest BCUT2D eigenvalue weighted by atomic mass is 15.1. The lowest BCUT2D eigenvalue weighted by molar-refractivity contribution is 1.13. The summed E-state index contributed by atoms with van der Waals surface area (Å²) in [5.41, 5.74) is 3.10. The van der Waals surface area contributed by atoms with E-state index in [4.69, 9.17) is 13.1 Å². The van der Waals surface area contributed by atoms with Crippen LogP contribution in [0.1, 0.15) is 11.1 Å². The average Bonchev–Trinajstić information content (AvgIpc) is 2.27. The van der Waals surface area contributed by atoms with Gasteiger partial charge in [0.05, 0.1) is 0 Å². The normalized spacial score (nSPS) is 8.81. The van der Waals surface area contributed by atoms with Gasteiger partial charge in [-0.3, -0.25) is 0 Å². The lowest BCUT2D eigenvalue weighted by Crippen LogP contribution is -2.08. The van der Waals surface area contributed by atoms with Crippen LogP contribution in [0.25, 0.3) is 15.8 Å². The van der Waals surface area contributed by atoms with E-state index in [1.165, 1.54) is 0 Å². The van der Waals surface area contributed by atoms with E-state index in [0.717, 1.165) is 16.8 Å². The molecule has 0 saturated heterocycles. The zero-order chi connectivity index (χ0) is 12.1. The van der Waals surface area contributed by atoms with E-state index in [1.54, 1.807) is 6.08 Å². The largest absolute Gasteiger partial charge is 0.519 e. The van der Waals surface area contributed by atoms with Crippen molar-refractivity contribution in [1.82, 2.24) is 0 Å². The molecule has 0 aliphatic heterocycles. The van der Waals surface area contributed by atoms with Crippen molar-refractivity contribution >= 4 is 11.8 Å². The van der Waals surface area contributed by atoms with Crippen LogP contribution in [-0.2, 0) is 0 Å². The number of aryl methyl sites for hydroxylation is 1. The summed E-state index contributed by atoms with van der Waals surface area (Å²) in [6.07, 6.45) is 1.62. The molecule has 0 saturated carbocycles. The number of hydrogen-bond acceptors (Lipinski definition) is 1. The third-order valence-electron chi connectivity index (χ3n) is 2.28. The van der Waals surface area contributed by atoms with Crippen LogP contribution >= 0.6 is 0 Å². The van der Waals surface area contributed by atoms with Crippen molar-refractivity contribution in [1.29, 1.82) is 0 Å². The van der Waals surface area contributed by atoms with Gasteiger partial charge in [0.1, 0.15) is 13.1 Å². The number of nitrogens with zero attached hydrogens (tertiary/aromatic N) is 3. The van der Waals surface area contributed by atoms with Crippen LogP contribution in [0.2, 0.25) is 0 Å². The van der Waals surface area contributed by atoms with Crippen LogP contribution in [0.4, 0.5) is 5.69 Å².